The van der Waals surface area contributed by atoms with E-state index in [0.717, 1.165) is 0 Å². The van der Waals surface area contributed by atoms with E-state index in [1.165, 1.54) is 12.1 Å². The van der Waals surface area contributed by atoms with Crippen molar-refractivity contribution in [3.05, 3.63) is 53.2 Å². The van der Waals surface area contributed by atoms with E-state index < -0.39 is 15.1 Å². The van der Waals surface area contributed by atoms with Gasteiger partial charge in [-0.25, -0.2) is 18.3 Å². The van der Waals surface area contributed by atoms with E-state index in [9.17, 15) is 13.6 Å². The van der Waals surface area contributed by atoms with Crippen LogP contribution in [0.4, 0.5) is 5.69 Å². The third-order valence-corrected chi connectivity index (χ3v) is 4.86. The van der Waals surface area contributed by atoms with Gasteiger partial charge in [-0.05, 0) is 21.9 Å². The summed E-state index contributed by atoms with van der Waals surface area (Å²) in [6, 6.07) is 11.1. The molecule has 0 bridgehead atoms. The quantitative estimate of drug-likeness (QED) is 0.675. The van der Waals surface area contributed by atoms with Gasteiger partial charge in [-0.3, -0.25) is 0 Å². The number of rotatable bonds is 4. The number of fused-ring (bicyclic) bond motifs is 1. The standard InChI is InChI=1S/C13H11N3O5S/c17-16(18)10-6-7-11(13-12(10)14-21-15-13)22(19,20)8-9-4-2-1-3-5-9/h1-7,16-17H,8H2. The molecular weight excluding hydrogens is 310 g/mol. The summed E-state index contributed by atoms with van der Waals surface area (Å²) in [5.74, 6) is -0.220. The van der Waals surface area contributed by atoms with Crippen LogP contribution >= 0.6 is 0 Å². The minimum Gasteiger partial charge on any atom is -0.595 e. The van der Waals surface area contributed by atoms with E-state index in [-0.39, 0.29) is 27.4 Å². The number of quaternary nitrogens is 1. The Labute approximate surface area is 125 Å². The normalized spacial score (nSPS) is 13.4. The van der Waals surface area contributed by atoms with Crippen LogP contribution in [0.1, 0.15) is 5.56 Å². The Morgan fingerprint density at radius 3 is 2.45 bits per heavy atom. The summed E-state index contributed by atoms with van der Waals surface area (Å²) in [4.78, 5) is -0.0994. The fourth-order valence-electron chi connectivity index (χ4n) is 2.14. The Bertz CT molecular complexity index is 906. The summed E-state index contributed by atoms with van der Waals surface area (Å²) in [7, 11) is -3.71. The van der Waals surface area contributed by atoms with Crippen molar-refractivity contribution in [3.8, 4) is 0 Å². The summed E-state index contributed by atoms with van der Waals surface area (Å²) >= 11 is 0. The number of sulfone groups is 1. The molecule has 1 aromatic heterocycles. The molecule has 0 amide bonds. The van der Waals surface area contributed by atoms with Crippen LogP contribution in [0, 0.1) is 5.21 Å². The number of nitrogens with one attached hydrogen (secondary N) is 1. The van der Waals surface area contributed by atoms with Crippen LogP contribution in [-0.2, 0) is 15.6 Å². The minimum atomic E-state index is -3.71. The van der Waals surface area contributed by atoms with E-state index in [2.05, 4.69) is 14.9 Å². The lowest BCUT2D eigenvalue weighted by atomic mass is 10.2. The van der Waals surface area contributed by atoms with Gasteiger partial charge in [0.15, 0.2) is 26.6 Å². The lowest BCUT2D eigenvalue weighted by Gasteiger charge is -2.12. The number of benzene rings is 2. The number of hydrogen-bond acceptors (Lipinski definition) is 7. The molecule has 1 atom stereocenters. The first-order valence-corrected chi connectivity index (χ1v) is 7.89. The smallest absolute Gasteiger partial charge is 0.200 e. The summed E-state index contributed by atoms with van der Waals surface area (Å²) in [5.41, 5.74) is 0.307. The van der Waals surface area contributed by atoms with Gasteiger partial charge in [-0.1, -0.05) is 30.3 Å². The van der Waals surface area contributed by atoms with E-state index in [1.54, 1.807) is 30.3 Å². The molecule has 0 spiro atoms. The molecule has 0 radical (unpaired) electrons. The zero-order valence-electron chi connectivity index (χ0n) is 11.1. The lowest BCUT2D eigenvalue weighted by molar-refractivity contribution is -0.990. The second kappa shape index (κ2) is 5.46. The van der Waals surface area contributed by atoms with Crippen molar-refractivity contribution in [2.24, 2.45) is 0 Å². The molecule has 2 N–H and O–H groups in total. The van der Waals surface area contributed by atoms with Gasteiger partial charge in [0, 0.05) is 6.07 Å². The molecule has 0 fully saturated rings. The predicted octanol–water partition coefficient (Wildman–Crippen LogP) is 0.600. The Kier molecular flexibility index (Phi) is 3.62. The van der Waals surface area contributed by atoms with Crippen molar-refractivity contribution < 1.29 is 23.5 Å². The van der Waals surface area contributed by atoms with Crippen molar-refractivity contribution in [2.45, 2.75) is 10.6 Å². The van der Waals surface area contributed by atoms with E-state index >= 15 is 0 Å². The first-order valence-electron chi connectivity index (χ1n) is 6.24. The first kappa shape index (κ1) is 14.6. The highest BCUT2D eigenvalue weighted by Gasteiger charge is 2.24. The molecule has 2 aromatic carbocycles. The van der Waals surface area contributed by atoms with E-state index in [0.29, 0.717) is 5.56 Å². The minimum absolute atomic E-state index is 0.0733. The maximum absolute atomic E-state index is 12.5. The highest BCUT2D eigenvalue weighted by Crippen LogP contribution is 2.27. The molecule has 22 heavy (non-hydrogen) atoms. The number of nitrogens with zero attached hydrogens (tertiary/aromatic N) is 2. The molecule has 0 aliphatic rings. The Morgan fingerprint density at radius 1 is 1.09 bits per heavy atom. The largest absolute Gasteiger partial charge is 0.595 e. The van der Waals surface area contributed by atoms with Gasteiger partial charge in [-0.2, -0.15) is 5.23 Å². The summed E-state index contributed by atoms with van der Waals surface area (Å²) in [5, 5.41) is 26.0. The van der Waals surface area contributed by atoms with Gasteiger partial charge in [0.2, 0.25) is 0 Å². The van der Waals surface area contributed by atoms with Crippen molar-refractivity contribution >= 4 is 26.6 Å². The van der Waals surface area contributed by atoms with Crippen LogP contribution in [0.3, 0.4) is 0 Å². The van der Waals surface area contributed by atoms with Gasteiger partial charge in [0.05, 0.1) is 10.6 Å². The molecule has 114 valence electrons. The monoisotopic (exact) mass is 321 g/mol. The van der Waals surface area contributed by atoms with Crippen LogP contribution < -0.4 is 5.23 Å². The second-order valence-corrected chi connectivity index (χ2v) is 6.58. The fourth-order valence-corrected chi connectivity index (χ4v) is 3.63. The molecular formula is C13H11N3O5S. The second-order valence-electron chi connectivity index (χ2n) is 4.62. The SMILES string of the molecule is O=S(=O)(Cc1ccccc1)c1ccc([NH+]([O-])O)c2nonc12. The van der Waals surface area contributed by atoms with E-state index in [1.807, 2.05) is 0 Å². The van der Waals surface area contributed by atoms with Crippen molar-refractivity contribution in [1.82, 2.24) is 10.3 Å². The third kappa shape index (κ3) is 2.57. The van der Waals surface area contributed by atoms with Crippen LogP contribution in [0.2, 0.25) is 0 Å². The zero-order valence-corrected chi connectivity index (χ0v) is 11.9. The third-order valence-electron chi connectivity index (χ3n) is 3.14. The first-order chi connectivity index (χ1) is 10.5. The van der Waals surface area contributed by atoms with Gasteiger partial charge in [-0.15, -0.1) is 0 Å². The topological polar surface area (TPSA) is 121 Å². The maximum Gasteiger partial charge on any atom is 0.200 e. The number of aromatic nitrogens is 2. The zero-order chi connectivity index (χ0) is 15.7. The van der Waals surface area contributed by atoms with Gasteiger partial charge in [0.1, 0.15) is 0 Å². The fraction of sp³-hybridized carbons (Fsp3) is 0.0769. The Hall–Kier alpha value is -2.33. The lowest BCUT2D eigenvalue weighted by Crippen LogP contribution is -2.99. The average molecular weight is 321 g/mol. The van der Waals surface area contributed by atoms with Crippen molar-refractivity contribution in [3.63, 3.8) is 0 Å². The van der Waals surface area contributed by atoms with Crippen LogP contribution in [0.15, 0.2) is 52.0 Å². The predicted molar refractivity (Wildman–Crippen MR) is 74.9 cm³/mol. The van der Waals surface area contributed by atoms with Gasteiger partial charge in [0.25, 0.3) is 0 Å². The van der Waals surface area contributed by atoms with Crippen molar-refractivity contribution in [2.75, 3.05) is 0 Å². The average Bonchev–Trinajstić information content (AvgIpc) is 2.95. The maximum atomic E-state index is 12.5. The molecule has 0 saturated carbocycles. The Morgan fingerprint density at radius 2 is 1.77 bits per heavy atom. The molecule has 8 nitrogen and oxygen atoms in total. The molecule has 3 rings (SSSR count). The molecule has 0 aliphatic carbocycles. The molecule has 1 heterocycles. The molecule has 0 aliphatic heterocycles. The van der Waals surface area contributed by atoms with Crippen LogP contribution in [0.25, 0.3) is 11.0 Å². The summed E-state index contributed by atoms with van der Waals surface area (Å²) in [6.07, 6.45) is 0. The van der Waals surface area contributed by atoms with Crippen LogP contribution in [0.5, 0.6) is 0 Å². The molecule has 0 saturated heterocycles. The molecule has 3 aromatic rings. The number of hydrogen-bond donors (Lipinski definition) is 2. The highest BCUT2D eigenvalue weighted by molar-refractivity contribution is 7.90. The molecule has 1 unspecified atom stereocenters. The highest BCUT2D eigenvalue weighted by atomic mass is 32.2. The van der Waals surface area contributed by atoms with Gasteiger partial charge >= 0.3 is 0 Å². The van der Waals surface area contributed by atoms with Gasteiger partial charge < -0.3 is 5.21 Å². The summed E-state index contributed by atoms with van der Waals surface area (Å²) in [6.45, 7) is 0. The van der Waals surface area contributed by atoms with Crippen LogP contribution in [-0.4, -0.2) is 23.9 Å². The van der Waals surface area contributed by atoms with E-state index in [4.69, 9.17) is 5.21 Å². The van der Waals surface area contributed by atoms with Crippen molar-refractivity contribution in [1.29, 1.82) is 0 Å². The Balaban J connectivity index is 2.10. The summed E-state index contributed by atoms with van der Waals surface area (Å²) < 4.78 is 29.6. The molecule has 9 heteroatoms.